The monoisotopic (exact) mass is 386 g/mol. The van der Waals surface area contributed by atoms with Crippen molar-refractivity contribution in [3.8, 4) is 0 Å². The first-order valence-corrected chi connectivity index (χ1v) is 9.48. The molecule has 1 amide bonds. The molecule has 0 aliphatic carbocycles. The van der Waals surface area contributed by atoms with Gasteiger partial charge in [-0.3, -0.25) is 4.79 Å². The molecule has 2 rings (SSSR count). The topological polar surface area (TPSA) is 75.3 Å². The van der Waals surface area contributed by atoms with Crippen molar-refractivity contribution < 1.29 is 13.2 Å². The molecule has 0 aromatic heterocycles. The second-order valence-corrected chi connectivity index (χ2v) is 7.79. The summed E-state index contributed by atoms with van der Waals surface area (Å²) in [6, 6.07) is 13.5. The zero-order valence-corrected chi connectivity index (χ0v) is 15.0. The number of nitrogens with one attached hydrogen (secondary N) is 2. The highest BCUT2D eigenvalue weighted by molar-refractivity contribution is 7.88. The molecule has 0 aliphatic heterocycles. The second-order valence-electron chi connectivity index (χ2n) is 5.11. The van der Waals surface area contributed by atoms with Gasteiger partial charge in [-0.05, 0) is 35.4 Å². The maximum Gasteiger partial charge on any atom is 0.235 e. The van der Waals surface area contributed by atoms with Crippen LogP contribution in [0.5, 0.6) is 0 Å². The fraction of sp³-hybridized carbons (Fsp3) is 0.188. The van der Waals surface area contributed by atoms with E-state index >= 15 is 0 Å². The van der Waals surface area contributed by atoms with Gasteiger partial charge in [0.15, 0.2) is 0 Å². The van der Waals surface area contributed by atoms with Gasteiger partial charge < -0.3 is 5.32 Å². The third kappa shape index (κ3) is 6.49. The number of carbonyl (C=O) groups is 1. The van der Waals surface area contributed by atoms with Gasteiger partial charge in [0, 0.05) is 16.6 Å². The van der Waals surface area contributed by atoms with Crippen molar-refractivity contribution in [3.63, 3.8) is 0 Å². The molecule has 0 fully saturated rings. The normalized spacial score (nSPS) is 11.2. The zero-order valence-electron chi connectivity index (χ0n) is 12.6. The van der Waals surface area contributed by atoms with Crippen LogP contribution in [-0.2, 0) is 27.1 Å². The maximum atomic E-state index is 12.0. The van der Waals surface area contributed by atoms with Crippen LogP contribution in [0.25, 0.3) is 0 Å². The molecular weight excluding hydrogens is 371 g/mol. The summed E-state index contributed by atoms with van der Waals surface area (Å²) >= 11 is 11.5. The molecule has 2 N–H and O–H groups in total. The lowest BCUT2D eigenvalue weighted by atomic mass is 10.2. The minimum atomic E-state index is -3.60. The Morgan fingerprint density at radius 2 is 1.38 bits per heavy atom. The molecule has 128 valence electrons. The number of hydrogen-bond donors (Lipinski definition) is 2. The average molecular weight is 387 g/mol. The van der Waals surface area contributed by atoms with Gasteiger partial charge >= 0.3 is 0 Å². The minimum Gasteiger partial charge on any atom is -0.351 e. The molecule has 5 nitrogen and oxygen atoms in total. The van der Waals surface area contributed by atoms with Crippen molar-refractivity contribution >= 4 is 39.1 Å². The first-order chi connectivity index (χ1) is 11.3. The Morgan fingerprint density at radius 1 is 0.875 bits per heavy atom. The summed E-state index contributed by atoms with van der Waals surface area (Å²) in [6.07, 6.45) is 0. The lowest BCUT2D eigenvalue weighted by molar-refractivity contribution is -0.120. The third-order valence-corrected chi connectivity index (χ3v) is 4.93. The van der Waals surface area contributed by atoms with Gasteiger partial charge in [0.05, 0.1) is 12.3 Å². The molecule has 0 heterocycles. The van der Waals surface area contributed by atoms with Crippen LogP contribution < -0.4 is 10.0 Å². The first kappa shape index (κ1) is 18.7. The smallest absolute Gasteiger partial charge is 0.235 e. The van der Waals surface area contributed by atoms with Crippen molar-refractivity contribution in [2.24, 2.45) is 0 Å². The highest BCUT2D eigenvalue weighted by Gasteiger charge is 2.13. The van der Waals surface area contributed by atoms with Gasteiger partial charge in [-0.2, -0.15) is 0 Å². The molecule has 24 heavy (non-hydrogen) atoms. The highest BCUT2D eigenvalue weighted by Crippen LogP contribution is 2.11. The standard InChI is InChI=1S/C16H16Cl2N2O3S/c17-14-5-1-12(2-6-14)9-19-16(21)10-20-24(22,23)11-13-3-7-15(18)8-4-13/h1-8,20H,9-11H2,(H,19,21). The Balaban J connectivity index is 1.79. The van der Waals surface area contributed by atoms with Gasteiger partial charge in [-0.25, -0.2) is 13.1 Å². The summed E-state index contributed by atoms with van der Waals surface area (Å²) in [7, 11) is -3.60. The number of halogens is 2. The minimum absolute atomic E-state index is 0.214. The molecule has 0 saturated heterocycles. The van der Waals surface area contributed by atoms with Crippen LogP contribution in [0.3, 0.4) is 0 Å². The Hall–Kier alpha value is -1.60. The number of hydrogen-bond acceptors (Lipinski definition) is 3. The van der Waals surface area contributed by atoms with E-state index < -0.39 is 15.9 Å². The fourth-order valence-electron chi connectivity index (χ4n) is 1.89. The molecule has 0 unspecified atom stereocenters. The predicted octanol–water partition coefficient (Wildman–Crippen LogP) is 2.73. The van der Waals surface area contributed by atoms with E-state index in [1.165, 1.54) is 0 Å². The SMILES string of the molecule is O=C(CNS(=O)(=O)Cc1ccc(Cl)cc1)NCc1ccc(Cl)cc1. The fourth-order valence-corrected chi connectivity index (χ4v) is 3.23. The van der Waals surface area contributed by atoms with E-state index in [2.05, 4.69) is 10.0 Å². The van der Waals surface area contributed by atoms with Gasteiger partial charge in [0.25, 0.3) is 0 Å². The van der Waals surface area contributed by atoms with E-state index in [4.69, 9.17) is 23.2 Å². The van der Waals surface area contributed by atoms with Crippen LogP contribution in [0.15, 0.2) is 48.5 Å². The van der Waals surface area contributed by atoms with Crippen molar-refractivity contribution in [2.75, 3.05) is 6.54 Å². The van der Waals surface area contributed by atoms with Crippen LogP contribution in [0.2, 0.25) is 10.0 Å². The molecule has 0 spiro atoms. The lowest BCUT2D eigenvalue weighted by Crippen LogP contribution is -2.37. The molecule has 0 saturated carbocycles. The molecule has 8 heteroatoms. The molecule has 2 aromatic carbocycles. The summed E-state index contributed by atoms with van der Waals surface area (Å²) in [5, 5.41) is 3.78. The maximum absolute atomic E-state index is 12.0. The number of rotatable bonds is 7. The van der Waals surface area contributed by atoms with Gasteiger partial charge in [0.2, 0.25) is 15.9 Å². The predicted molar refractivity (Wildman–Crippen MR) is 95.4 cm³/mol. The van der Waals surface area contributed by atoms with Crippen LogP contribution in [0.1, 0.15) is 11.1 Å². The number of sulfonamides is 1. The number of benzene rings is 2. The van der Waals surface area contributed by atoms with E-state index in [1.54, 1.807) is 48.5 Å². The average Bonchev–Trinajstić information content (AvgIpc) is 2.54. The second kappa shape index (κ2) is 8.48. The van der Waals surface area contributed by atoms with Crippen molar-refractivity contribution in [3.05, 3.63) is 69.7 Å². The van der Waals surface area contributed by atoms with E-state index in [0.29, 0.717) is 22.2 Å². The van der Waals surface area contributed by atoms with Crippen LogP contribution >= 0.6 is 23.2 Å². The first-order valence-electron chi connectivity index (χ1n) is 7.07. The molecule has 0 aliphatic rings. The Morgan fingerprint density at radius 3 is 1.92 bits per heavy atom. The van der Waals surface area contributed by atoms with E-state index in [-0.39, 0.29) is 12.3 Å². The summed E-state index contributed by atoms with van der Waals surface area (Å²) < 4.78 is 26.2. The molecule has 0 radical (unpaired) electrons. The summed E-state index contributed by atoms with van der Waals surface area (Å²) in [5.74, 6) is -0.626. The van der Waals surface area contributed by atoms with Gasteiger partial charge in [0.1, 0.15) is 0 Å². The molecule has 0 atom stereocenters. The van der Waals surface area contributed by atoms with E-state index in [9.17, 15) is 13.2 Å². The molecular formula is C16H16Cl2N2O3S. The summed E-state index contributed by atoms with van der Waals surface area (Å²) in [5.41, 5.74) is 1.46. The van der Waals surface area contributed by atoms with Crippen molar-refractivity contribution in [1.29, 1.82) is 0 Å². The van der Waals surface area contributed by atoms with Crippen LogP contribution in [-0.4, -0.2) is 20.9 Å². The summed E-state index contributed by atoms with van der Waals surface area (Å²) in [6.45, 7) is -0.0154. The van der Waals surface area contributed by atoms with Crippen molar-refractivity contribution in [1.82, 2.24) is 10.0 Å². The largest absolute Gasteiger partial charge is 0.351 e. The number of amides is 1. The van der Waals surface area contributed by atoms with E-state index in [0.717, 1.165) is 5.56 Å². The Labute approximate surface area is 151 Å². The van der Waals surface area contributed by atoms with Crippen LogP contribution in [0.4, 0.5) is 0 Å². The number of carbonyl (C=O) groups excluding carboxylic acids is 1. The quantitative estimate of drug-likeness (QED) is 0.767. The summed E-state index contributed by atoms with van der Waals surface area (Å²) in [4.78, 5) is 11.7. The molecule has 0 bridgehead atoms. The highest BCUT2D eigenvalue weighted by atomic mass is 35.5. The Kier molecular flexibility index (Phi) is 6.62. The van der Waals surface area contributed by atoms with Crippen LogP contribution in [0, 0.1) is 0 Å². The Bertz CT molecular complexity index is 791. The van der Waals surface area contributed by atoms with Gasteiger partial charge in [-0.1, -0.05) is 47.5 Å². The lowest BCUT2D eigenvalue weighted by Gasteiger charge is -2.08. The zero-order chi connectivity index (χ0) is 17.6. The van der Waals surface area contributed by atoms with E-state index in [1.807, 2.05) is 0 Å². The molecule has 2 aromatic rings. The van der Waals surface area contributed by atoms with Crippen molar-refractivity contribution in [2.45, 2.75) is 12.3 Å². The van der Waals surface area contributed by atoms with Gasteiger partial charge in [-0.15, -0.1) is 0 Å². The third-order valence-electron chi connectivity index (χ3n) is 3.13.